The first-order chi connectivity index (χ1) is 5.94. The van der Waals surface area contributed by atoms with Crippen molar-refractivity contribution in [1.82, 2.24) is 9.78 Å². The molecule has 13 heavy (non-hydrogen) atoms. The van der Waals surface area contributed by atoms with Gasteiger partial charge < -0.3 is 5.73 Å². The molecule has 5 heteroatoms. The molecular formula is C8H11BrN4. The second-order valence-electron chi connectivity index (χ2n) is 3.56. The molecule has 1 aromatic heterocycles. The zero-order valence-electron chi connectivity index (χ0n) is 7.58. The van der Waals surface area contributed by atoms with Gasteiger partial charge in [0.15, 0.2) is 5.82 Å². The Kier molecular flexibility index (Phi) is 2.62. The van der Waals surface area contributed by atoms with Gasteiger partial charge in [-0.15, -0.1) is 0 Å². The summed E-state index contributed by atoms with van der Waals surface area (Å²) in [5.74, 6) is 0.453. The Labute approximate surface area is 85.5 Å². The van der Waals surface area contributed by atoms with Crippen molar-refractivity contribution in [3.63, 3.8) is 0 Å². The minimum atomic E-state index is -0.419. The molecule has 1 aromatic rings. The summed E-state index contributed by atoms with van der Waals surface area (Å²) in [5, 5.41) is 12.8. The third-order valence-corrected chi connectivity index (χ3v) is 2.21. The van der Waals surface area contributed by atoms with Crippen molar-refractivity contribution in [2.45, 2.75) is 20.4 Å². The molecular weight excluding hydrogens is 232 g/mol. The van der Waals surface area contributed by atoms with Crippen molar-refractivity contribution in [2.75, 3.05) is 5.73 Å². The summed E-state index contributed by atoms with van der Waals surface area (Å²) < 4.78 is 2.43. The highest BCUT2D eigenvalue weighted by Crippen LogP contribution is 2.20. The van der Waals surface area contributed by atoms with Gasteiger partial charge in [-0.2, -0.15) is 10.4 Å². The number of nitrogens with two attached hydrogens (primary N) is 1. The molecule has 0 saturated heterocycles. The first-order valence-electron chi connectivity index (χ1n) is 3.84. The number of hydrogen-bond donors (Lipinski definition) is 1. The van der Waals surface area contributed by atoms with E-state index in [-0.39, 0.29) is 0 Å². The second kappa shape index (κ2) is 3.38. The Morgan fingerprint density at radius 3 is 2.77 bits per heavy atom. The van der Waals surface area contributed by atoms with E-state index in [1.54, 1.807) is 10.9 Å². The van der Waals surface area contributed by atoms with Gasteiger partial charge in [0.1, 0.15) is 0 Å². The quantitative estimate of drug-likeness (QED) is 0.860. The number of anilines is 1. The van der Waals surface area contributed by atoms with Crippen LogP contribution in [0.15, 0.2) is 10.7 Å². The van der Waals surface area contributed by atoms with Crippen LogP contribution in [0.1, 0.15) is 13.8 Å². The van der Waals surface area contributed by atoms with E-state index in [9.17, 15) is 0 Å². The fourth-order valence-electron chi connectivity index (χ4n) is 0.933. The van der Waals surface area contributed by atoms with E-state index < -0.39 is 5.41 Å². The maximum atomic E-state index is 8.80. The van der Waals surface area contributed by atoms with Crippen LogP contribution in [-0.2, 0) is 6.54 Å². The van der Waals surface area contributed by atoms with Crippen LogP contribution in [0.5, 0.6) is 0 Å². The molecule has 0 aliphatic heterocycles. The van der Waals surface area contributed by atoms with Crippen LogP contribution in [0.2, 0.25) is 0 Å². The molecule has 0 fully saturated rings. The minimum absolute atomic E-state index is 0.419. The molecule has 0 radical (unpaired) electrons. The molecule has 70 valence electrons. The monoisotopic (exact) mass is 242 g/mol. The van der Waals surface area contributed by atoms with Gasteiger partial charge in [0.05, 0.1) is 22.5 Å². The molecule has 2 N–H and O–H groups in total. The predicted octanol–water partition coefficient (Wildman–Crippen LogP) is 1.78. The molecule has 1 heterocycles. The topological polar surface area (TPSA) is 67.6 Å². The highest BCUT2D eigenvalue weighted by atomic mass is 79.9. The largest absolute Gasteiger partial charge is 0.381 e. The minimum Gasteiger partial charge on any atom is -0.381 e. The number of nitriles is 1. The highest BCUT2D eigenvalue weighted by molar-refractivity contribution is 9.10. The smallest absolute Gasteiger partial charge is 0.159 e. The Hall–Kier alpha value is -1.02. The van der Waals surface area contributed by atoms with Crippen LogP contribution in [0, 0.1) is 16.7 Å². The Morgan fingerprint density at radius 2 is 2.38 bits per heavy atom. The maximum Gasteiger partial charge on any atom is 0.159 e. The lowest BCUT2D eigenvalue weighted by atomic mass is 9.96. The molecule has 0 spiro atoms. The maximum absolute atomic E-state index is 8.80. The number of aromatic nitrogens is 2. The number of nitrogens with zero attached hydrogens (tertiary/aromatic N) is 3. The van der Waals surface area contributed by atoms with Gasteiger partial charge in [-0.05, 0) is 29.8 Å². The van der Waals surface area contributed by atoms with Gasteiger partial charge in [0, 0.05) is 6.20 Å². The molecule has 0 aliphatic rings. The van der Waals surface area contributed by atoms with Crippen molar-refractivity contribution in [1.29, 1.82) is 5.26 Å². The van der Waals surface area contributed by atoms with E-state index in [0.29, 0.717) is 12.4 Å². The third-order valence-electron chi connectivity index (χ3n) is 1.60. The van der Waals surface area contributed by atoms with Crippen molar-refractivity contribution < 1.29 is 0 Å². The lowest BCUT2D eigenvalue weighted by Crippen LogP contribution is -2.17. The molecule has 0 aliphatic carbocycles. The Morgan fingerprint density at radius 1 is 1.77 bits per heavy atom. The average molecular weight is 243 g/mol. The number of halogens is 1. The van der Waals surface area contributed by atoms with Gasteiger partial charge in [-0.3, -0.25) is 4.68 Å². The standard InChI is InChI=1S/C8H11BrN4/c1-8(2,4-10)5-13-3-6(9)7(11)12-13/h3H,5H2,1-2H3,(H2,11,12). The summed E-state index contributed by atoms with van der Waals surface area (Å²) in [4.78, 5) is 0. The number of nitrogen functional groups attached to an aromatic ring is 1. The summed E-state index contributed by atoms with van der Waals surface area (Å²) in [6, 6.07) is 2.20. The molecule has 0 unspecified atom stereocenters. The average Bonchev–Trinajstić information content (AvgIpc) is 2.30. The van der Waals surface area contributed by atoms with E-state index in [1.165, 1.54) is 0 Å². The van der Waals surface area contributed by atoms with Crippen LogP contribution >= 0.6 is 15.9 Å². The first-order valence-corrected chi connectivity index (χ1v) is 4.63. The number of rotatable bonds is 2. The Balaban J connectivity index is 2.82. The molecule has 1 rings (SSSR count). The van der Waals surface area contributed by atoms with Gasteiger partial charge >= 0.3 is 0 Å². The van der Waals surface area contributed by atoms with E-state index in [2.05, 4.69) is 27.1 Å². The predicted molar refractivity (Wildman–Crippen MR) is 53.7 cm³/mol. The van der Waals surface area contributed by atoms with Crippen LogP contribution in [0.25, 0.3) is 0 Å². The molecule has 0 saturated carbocycles. The summed E-state index contributed by atoms with van der Waals surface area (Å²) in [7, 11) is 0. The van der Waals surface area contributed by atoms with Crippen LogP contribution < -0.4 is 5.73 Å². The van der Waals surface area contributed by atoms with Gasteiger partial charge in [0.2, 0.25) is 0 Å². The lowest BCUT2D eigenvalue weighted by Gasteiger charge is -2.14. The van der Waals surface area contributed by atoms with E-state index in [4.69, 9.17) is 11.0 Å². The molecule has 0 atom stereocenters. The van der Waals surface area contributed by atoms with Gasteiger partial charge in [0.25, 0.3) is 0 Å². The van der Waals surface area contributed by atoms with Gasteiger partial charge in [-0.1, -0.05) is 0 Å². The fraction of sp³-hybridized carbons (Fsp3) is 0.500. The Bertz CT molecular complexity index is 328. The summed E-state index contributed by atoms with van der Waals surface area (Å²) in [6.45, 7) is 4.26. The SMILES string of the molecule is CC(C)(C#N)Cn1cc(Br)c(N)n1. The number of hydrogen-bond acceptors (Lipinski definition) is 3. The van der Waals surface area contributed by atoms with Gasteiger partial charge in [-0.25, -0.2) is 0 Å². The lowest BCUT2D eigenvalue weighted by molar-refractivity contribution is 0.385. The van der Waals surface area contributed by atoms with Crippen molar-refractivity contribution in [3.8, 4) is 6.07 Å². The van der Waals surface area contributed by atoms with Crippen molar-refractivity contribution in [2.24, 2.45) is 5.41 Å². The highest BCUT2D eigenvalue weighted by Gasteiger charge is 2.18. The summed E-state index contributed by atoms with van der Waals surface area (Å²) in [5.41, 5.74) is 5.12. The molecule has 0 bridgehead atoms. The van der Waals surface area contributed by atoms with Crippen LogP contribution in [0.3, 0.4) is 0 Å². The molecule has 0 aromatic carbocycles. The summed E-state index contributed by atoms with van der Waals surface area (Å²) in [6.07, 6.45) is 1.77. The van der Waals surface area contributed by atoms with Crippen molar-refractivity contribution >= 4 is 21.7 Å². The zero-order chi connectivity index (χ0) is 10.1. The first kappa shape index (κ1) is 10.1. The van der Waals surface area contributed by atoms with E-state index >= 15 is 0 Å². The fourth-order valence-corrected chi connectivity index (χ4v) is 1.25. The molecule has 4 nitrogen and oxygen atoms in total. The van der Waals surface area contributed by atoms with Crippen LogP contribution in [-0.4, -0.2) is 9.78 Å². The van der Waals surface area contributed by atoms with Crippen LogP contribution in [0.4, 0.5) is 5.82 Å². The zero-order valence-corrected chi connectivity index (χ0v) is 9.17. The van der Waals surface area contributed by atoms with E-state index in [1.807, 2.05) is 13.8 Å². The third kappa shape index (κ3) is 2.46. The summed E-state index contributed by atoms with van der Waals surface area (Å²) >= 11 is 3.25. The van der Waals surface area contributed by atoms with E-state index in [0.717, 1.165) is 4.47 Å². The van der Waals surface area contributed by atoms with Crippen molar-refractivity contribution in [3.05, 3.63) is 10.7 Å². The second-order valence-corrected chi connectivity index (χ2v) is 4.41. The molecule has 0 amide bonds. The normalized spacial score (nSPS) is 11.2.